The number of carboxylic acid groups (broad SMARTS) is 1. The number of nitrogens with zero attached hydrogens (tertiary/aromatic N) is 1. The number of aliphatic hydroxyl groups is 1. The molecule has 0 heterocycles. The summed E-state index contributed by atoms with van der Waals surface area (Å²) >= 11 is 6.24. The first-order chi connectivity index (χ1) is 10.5. The summed E-state index contributed by atoms with van der Waals surface area (Å²) in [6, 6.07) is 6.86. The summed E-state index contributed by atoms with van der Waals surface area (Å²) in [6.45, 7) is 1.80. The van der Waals surface area contributed by atoms with Gasteiger partial charge in [-0.25, -0.2) is 4.79 Å². The molecule has 22 heavy (non-hydrogen) atoms. The summed E-state index contributed by atoms with van der Waals surface area (Å²) in [6.07, 6.45) is 3.38. The number of benzene rings is 1. The minimum absolute atomic E-state index is 0.113. The lowest BCUT2D eigenvalue weighted by Crippen LogP contribution is -2.55. The van der Waals surface area contributed by atoms with Crippen LogP contribution in [0.2, 0.25) is 5.02 Å². The van der Waals surface area contributed by atoms with E-state index in [0.29, 0.717) is 22.4 Å². The average Bonchev–Trinajstić information content (AvgIpc) is 3.10. The van der Waals surface area contributed by atoms with Gasteiger partial charge in [-0.1, -0.05) is 43.1 Å². The lowest BCUT2D eigenvalue weighted by molar-refractivity contribution is -0.127. The van der Waals surface area contributed by atoms with Gasteiger partial charge in [-0.15, -0.1) is 0 Å². The molecule has 1 aromatic rings. The summed E-state index contributed by atoms with van der Waals surface area (Å²) < 4.78 is 0. The molecule has 0 spiro atoms. The zero-order chi connectivity index (χ0) is 15.9. The monoisotopic (exact) mass is 323 g/mol. The minimum Gasteiger partial charge on any atom is -0.465 e. The second kappa shape index (κ2) is 5.74. The molecular weight excluding hydrogens is 302 g/mol. The first kappa shape index (κ1) is 15.6. The van der Waals surface area contributed by atoms with Crippen molar-refractivity contribution in [1.29, 1.82) is 0 Å². The van der Waals surface area contributed by atoms with Gasteiger partial charge in [-0.05, 0) is 43.6 Å². The molecule has 2 saturated carbocycles. The maximum absolute atomic E-state index is 12.0. The minimum atomic E-state index is -1.57. The van der Waals surface area contributed by atoms with Crippen LogP contribution >= 0.6 is 11.6 Å². The van der Waals surface area contributed by atoms with Crippen LogP contribution in [0.4, 0.5) is 4.79 Å². The summed E-state index contributed by atoms with van der Waals surface area (Å²) in [5.74, 6) is 0.964. The first-order valence-corrected chi connectivity index (χ1v) is 8.34. The summed E-state index contributed by atoms with van der Waals surface area (Å²) in [5, 5.41) is 21.5. The van der Waals surface area contributed by atoms with Crippen LogP contribution in [0.1, 0.15) is 44.6 Å². The van der Waals surface area contributed by atoms with Gasteiger partial charge in [0.25, 0.3) is 0 Å². The molecule has 0 aromatic heterocycles. The van der Waals surface area contributed by atoms with Crippen LogP contribution in [0.5, 0.6) is 0 Å². The Kier molecular flexibility index (Phi) is 4.08. The van der Waals surface area contributed by atoms with E-state index in [1.807, 2.05) is 0 Å². The van der Waals surface area contributed by atoms with Crippen LogP contribution < -0.4 is 0 Å². The molecule has 0 saturated heterocycles. The Hall–Kier alpha value is -1.26. The number of hydrogen-bond acceptors (Lipinski definition) is 2. The fourth-order valence-electron chi connectivity index (χ4n) is 4.38. The largest absolute Gasteiger partial charge is 0.465 e. The Bertz CT molecular complexity index is 579. The normalized spacial score (nSPS) is 29.3. The summed E-state index contributed by atoms with van der Waals surface area (Å²) in [7, 11) is 0. The average molecular weight is 324 g/mol. The van der Waals surface area contributed by atoms with Gasteiger partial charge in [-0.2, -0.15) is 0 Å². The zero-order valence-electron chi connectivity index (χ0n) is 12.7. The van der Waals surface area contributed by atoms with Gasteiger partial charge >= 0.3 is 6.09 Å². The predicted octanol–water partition coefficient (Wildman–Crippen LogP) is 4.06. The highest BCUT2D eigenvalue weighted by Crippen LogP contribution is 2.49. The van der Waals surface area contributed by atoms with Crippen molar-refractivity contribution in [2.24, 2.45) is 11.8 Å². The maximum atomic E-state index is 12.0. The van der Waals surface area contributed by atoms with E-state index in [1.165, 1.54) is 11.3 Å². The molecule has 2 aliphatic rings. The molecule has 0 aliphatic heterocycles. The van der Waals surface area contributed by atoms with Crippen molar-refractivity contribution in [3.63, 3.8) is 0 Å². The molecule has 1 aromatic carbocycles. The second-order valence-corrected chi connectivity index (χ2v) is 6.95. The molecule has 5 heteroatoms. The Balaban J connectivity index is 2.02. The number of fused-ring (bicyclic) bond motifs is 2. The fraction of sp³-hybridized carbons (Fsp3) is 0.588. The fourth-order valence-corrected chi connectivity index (χ4v) is 4.67. The van der Waals surface area contributed by atoms with E-state index in [2.05, 4.69) is 0 Å². The van der Waals surface area contributed by atoms with E-state index >= 15 is 0 Å². The van der Waals surface area contributed by atoms with Gasteiger partial charge in [0.15, 0.2) is 5.72 Å². The van der Waals surface area contributed by atoms with Crippen LogP contribution in [-0.2, 0) is 5.72 Å². The van der Waals surface area contributed by atoms with Gasteiger partial charge in [0.1, 0.15) is 0 Å². The van der Waals surface area contributed by atoms with Crippen molar-refractivity contribution in [3.05, 3.63) is 34.9 Å². The lowest BCUT2D eigenvalue weighted by atomic mass is 9.89. The van der Waals surface area contributed by atoms with Crippen molar-refractivity contribution in [2.45, 2.75) is 50.8 Å². The molecule has 120 valence electrons. The van der Waals surface area contributed by atoms with Crippen molar-refractivity contribution in [1.82, 2.24) is 4.90 Å². The standard InChI is InChI=1S/C17H22ClNO3/c1-2-17(22,13-5-3-4-6-14(13)18)19(16(20)21)15-10-11-7-8-12(15)9-11/h3-6,11-12,15,22H,2,7-10H2,1H3,(H,20,21)/t11?,12?,15?,17-/m0/s1. The molecule has 4 atom stereocenters. The summed E-state index contributed by atoms with van der Waals surface area (Å²) in [4.78, 5) is 13.3. The first-order valence-electron chi connectivity index (χ1n) is 7.97. The van der Waals surface area contributed by atoms with Gasteiger partial charge in [0, 0.05) is 16.6 Å². The smallest absolute Gasteiger partial charge is 0.410 e. The molecule has 0 radical (unpaired) electrons. The molecule has 4 nitrogen and oxygen atoms in total. The van der Waals surface area contributed by atoms with Crippen molar-refractivity contribution in [3.8, 4) is 0 Å². The van der Waals surface area contributed by atoms with E-state index in [0.717, 1.165) is 19.3 Å². The van der Waals surface area contributed by atoms with Crippen LogP contribution in [-0.4, -0.2) is 27.2 Å². The predicted molar refractivity (Wildman–Crippen MR) is 84.7 cm³/mol. The third-order valence-electron chi connectivity index (χ3n) is 5.44. The highest BCUT2D eigenvalue weighted by molar-refractivity contribution is 6.31. The van der Waals surface area contributed by atoms with Gasteiger partial charge in [0.05, 0.1) is 0 Å². The molecule has 2 bridgehead atoms. The highest BCUT2D eigenvalue weighted by atomic mass is 35.5. The molecule has 3 unspecified atom stereocenters. The molecule has 3 rings (SSSR count). The van der Waals surface area contributed by atoms with Crippen LogP contribution in [0.15, 0.2) is 24.3 Å². The van der Waals surface area contributed by atoms with Crippen molar-refractivity contribution >= 4 is 17.7 Å². The molecular formula is C17H22ClNO3. The van der Waals surface area contributed by atoms with E-state index in [4.69, 9.17) is 11.6 Å². The van der Waals surface area contributed by atoms with E-state index < -0.39 is 11.8 Å². The number of carbonyl (C=O) groups is 1. The number of rotatable bonds is 4. The molecule has 2 N–H and O–H groups in total. The Labute approximate surface area is 135 Å². The Morgan fingerprint density at radius 1 is 1.36 bits per heavy atom. The van der Waals surface area contributed by atoms with Crippen LogP contribution in [0.3, 0.4) is 0 Å². The Morgan fingerprint density at radius 3 is 2.59 bits per heavy atom. The number of hydrogen-bond donors (Lipinski definition) is 2. The molecule has 2 fully saturated rings. The SMILES string of the molecule is CC[C@](O)(c1ccccc1Cl)N(C(=O)O)C1CC2CCC1C2. The van der Waals surface area contributed by atoms with Gasteiger partial charge < -0.3 is 10.2 Å². The van der Waals surface area contributed by atoms with E-state index in [1.54, 1.807) is 31.2 Å². The van der Waals surface area contributed by atoms with Gasteiger partial charge in [-0.3, -0.25) is 4.90 Å². The van der Waals surface area contributed by atoms with Crippen LogP contribution in [0.25, 0.3) is 0 Å². The van der Waals surface area contributed by atoms with Crippen molar-refractivity contribution in [2.75, 3.05) is 0 Å². The molecule has 2 aliphatic carbocycles. The van der Waals surface area contributed by atoms with Gasteiger partial charge in [0.2, 0.25) is 0 Å². The topological polar surface area (TPSA) is 60.8 Å². The highest BCUT2D eigenvalue weighted by Gasteiger charge is 2.51. The lowest BCUT2D eigenvalue weighted by Gasteiger charge is -2.44. The van der Waals surface area contributed by atoms with E-state index in [-0.39, 0.29) is 12.5 Å². The third-order valence-corrected chi connectivity index (χ3v) is 5.76. The Morgan fingerprint density at radius 2 is 2.09 bits per heavy atom. The number of amides is 1. The maximum Gasteiger partial charge on any atom is 0.410 e. The zero-order valence-corrected chi connectivity index (χ0v) is 13.5. The second-order valence-electron chi connectivity index (χ2n) is 6.54. The quantitative estimate of drug-likeness (QED) is 0.821. The van der Waals surface area contributed by atoms with Crippen LogP contribution in [0, 0.1) is 11.8 Å². The van der Waals surface area contributed by atoms with E-state index in [9.17, 15) is 15.0 Å². The third kappa shape index (κ3) is 2.38. The van der Waals surface area contributed by atoms with Crippen molar-refractivity contribution < 1.29 is 15.0 Å². The molecule has 1 amide bonds. The summed E-state index contributed by atoms with van der Waals surface area (Å²) in [5.41, 5.74) is -1.09. The number of halogens is 1.